The third-order valence-corrected chi connectivity index (χ3v) is 6.60. The van der Waals surface area contributed by atoms with Crippen LogP contribution in [0.25, 0.3) is 17.0 Å². The van der Waals surface area contributed by atoms with Crippen molar-refractivity contribution in [3.63, 3.8) is 0 Å². The first kappa shape index (κ1) is 23.8. The fourth-order valence-electron chi connectivity index (χ4n) is 3.94. The lowest BCUT2D eigenvalue weighted by Crippen LogP contribution is -2.54. The molecule has 0 radical (unpaired) electrons. The fraction of sp³-hybridized carbons (Fsp3) is 0.0400. The summed E-state index contributed by atoms with van der Waals surface area (Å²) in [5.74, 6) is -2.12. The average Bonchev–Trinajstić information content (AvgIpc) is 3.44. The Morgan fingerprint density at radius 1 is 1.08 bits per heavy atom. The normalized spacial score (nSPS) is 15.1. The number of aromatic carboxylic acids is 1. The van der Waals surface area contributed by atoms with E-state index in [-0.39, 0.29) is 28.0 Å². The summed E-state index contributed by atoms with van der Waals surface area (Å²) in [7, 11) is 0. The van der Waals surface area contributed by atoms with E-state index in [0.717, 1.165) is 10.9 Å². The minimum Gasteiger partial charge on any atom is -0.475 e. The number of carboxylic acids is 1. The lowest BCUT2D eigenvalue weighted by molar-refractivity contribution is -0.122. The Hall–Kier alpha value is -3.92. The number of nitrogens with zero attached hydrogens (tertiary/aromatic N) is 2. The van der Waals surface area contributed by atoms with Crippen LogP contribution in [-0.2, 0) is 16.1 Å². The minimum absolute atomic E-state index is 0.0741. The van der Waals surface area contributed by atoms with E-state index in [1.165, 1.54) is 29.2 Å². The summed E-state index contributed by atoms with van der Waals surface area (Å²) in [5.41, 5.74) is 1.65. The summed E-state index contributed by atoms with van der Waals surface area (Å²) < 4.78 is 7.23. The molecule has 1 fully saturated rings. The van der Waals surface area contributed by atoms with Crippen molar-refractivity contribution in [1.82, 2.24) is 9.88 Å². The molecule has 2 aromatic carbocycles. The number of carboxylic acid groups (broad SMARTS) is 1. The summed E-state index contributed by atoms with van der Waals surface area (Å²) in [6.07, 6.45) is 3.26. The van der Waals surface area contributed by atoms with Crippen molar-refractivity contribution in [3.05, 3.63) is 93.5 Å². The van der Waals surface area contributed by atoms with Gasteiger partial charge in [0, 0.05) is 22.7 Å². The molecule has 1 aliphatic heterocycles. The van der Waals surface area contributed by atoms with Crippen LogP contribution in [0.15, 0.2) is 70.8 Å². The second-order valence-corrected chi connectivity index (χ2v) is 9.06. The molecule has 4 aromatic rings. The highest BCUT2D eigenvalue weighted by Gasteiger charge is 2.35. The highest BCUT2D eigenvalue weighted by atomic mass is 35.5. The molecule has 2 amide bonds. The number of benzene rings is 2. The number of furan rings is 1. The number of hydrogen-bond donors (Lipinski definition) is 2. The standard InChI is InChI=1S/C25H15Cl2N3O5S/c26-18-7-5-14(10-19(18)27)30-23(32)17(22(31)28-25(30)36)9-13-11-29(20-4-2-1-3-16(13)20)12-15-6-8-21(35-15)24(33)34/h1-11H,12H2,(H,33,34)(H,28,31,36)/b17-9+. The number of thiocarbonyl (C=S) groups is 1. The van der Waals surface area contributed by atoms with E-state index in [0.29, 0.717) is 22.0 Å². The maximum absolute atomic E-state index is 13.4. The van der Waals surface area contributed by atoms with Crippen molar-refractivity contribution in [3.8, 4) is 0 Å². The molecule has 8 nitrogen and oxygen atoms in total. The molecule has 2 N–H and O–H groups in total. The van der Waals surface area contributed by atoms with Gasteiger partial charge in [0.1, 0.15) is 11.3 Å². The van der Waals surface area contributed by atoms with E-state index in [2.05, 4.69) is 5.32 Å². The van der Waals surface area contributed by atoms with Gasteiger partial charge in [-0.1, -0.05) is 41.4 Å². The summed E-state index contributed by atoms with van der Waals surface area (Å²) in [5, 5.41) is 12.9. The van der Waals surface area contributed by atoms with E-state index in [1.807, 2.05) is 28.8 Å². The molecular weight excluding hydrogens is 525 g/mol. The largest absolute Gasteiger partial charge is 0.475 e. The lowest BCUT2D eigenvalue weighted by Gasteiger charge is -2.29. The van der Waals surface area contributed by atoms with Crippen LogP contribution >= 0.6 is 35.4 Å². The molecule has 36 heavy (non-hydrogen) atoms. The average molecular weight is 540 g/mol. The number of amides is 2. The van der Waals surface area contributed by atoms with Gasteiger partial charge in [-0.2, -0.15) is 0 Å². The van der Waals surface area contributed by atoms with Gasteiger partial charge in [0.15, 0.2) is 5.11 Å². The van der Waals surface area contributed by atoms with Gasteiger partial charge >= 0.3 is 5.97 Å². The molecule has 0 unspecified atom stereocenters. The monoisotopic (exact) mass is 539 g/mol. The topological polar surface area (TPSA) is 105 Å². The molecular formula is C25H15Cl2N3O5S. The van der Waals surface area contributed by atoms with E-state index < -0.39 is 17.8 Å². The number of fused-ring (bicyclic) bond motifs is 1. The van der Waals surface area contributed by atoms with Crippen molar-refractivity contribution < 1.29 is 23.9 Å². The van der Waals surface area contributed by atoms with Gasteiger partial charge in [0.25, 0.3) is 11.8 Å². The number of para-hydroxylation sites is 1. The molecule has 180 valence electrons. The summed E-state index contributed by atoms with van der Waals surface area (Å²) in [6, 6.07) is 15.0. The predicted molar refractivity (Wildman–Crippen MR) is 139 cm³/mol. The summed E-state index contributed by atoms with van der Waals surface area (Å²) >= 11 is 17.4. The van der Waals surface area contributed by atoms with E-state index >= 15 is 0 Å². The first-order valence-electron chi connectivity index (χ1n) is 10.5. The molecule has 0 spiro atoms. The molecule has 1 saturated heterocycles. The number of carbonyl (C=O) groups is 3. The number of aromatic nitrogens is 1. The van der Waals surface area contributed by atoms with Crippen LogP contribution in [0.3, 0.4) is 0 Å². The first-order chi connectivity index (χ1) is 17.2. The van der Waals surface area contributed by atoms with Gasteiger partial charge < -0.3 is 14.1 Å². The summed E-state index contributed by atoms with van der Waals surface area (Å²) in [6.45, 7) is 0.247. The van der Waals surface area contributed by atoms with Crippen LogP contribution in [0.2, 0.25) is 10.0 Å². The van der Waals surface area contributed by atoms with Crippen LogP contribution in [0.5, 0.6) is 0 Å². The van der Waals surface area contributed by atoms with Crippen LogP contribution in [0.1, 0.15) is 21.9 Å². The number of rotatable bonds is 5. The van der Waals surface area contributed by atoms with Gasteiger partial charge in [-0.3, -0.25) is 19.8 Å². The molecule has 5 rings (SSSR count). The Kier molecular flexibility index (Phi) is 6.13. The number of nitrogens with one attached hydrogen (secondary N) is 1. The van der Waals surface area contributed by atoms with Crippen molar-refractivity contribution in [1.29, 1.82) is 0 Å². The zero-order valence-corrected chi connectivity index (χ0v) is 20.5. The zero-order valence-electron chi connectivity index (χ0n) is 18.2. The molecule has 1 aliphatic rings. The number of halogens is 2. The first-order valence-corrected chi connectivity index (χ1v) is 11.7. The second kappa shape index (κ2) is 9.27. The Bertz CT molecular complexity index is 1620. The molecule has 3 heterocycles. The third-order valence-electron chi connectivity index (χ3n) is 5.58. The van der Waals surface area contributed by atoms with E-state index in [4.69, 9.17) is 44.9 Å². The zero-order chi connectivity index (χ0) is 25.6. The molecule has 0 bridgehead atoms. The van der Waals surface area contributed by atoms with Gasteiger partial charge in [0.05, 0.1) is 22.3 Å². The van der Waals surface area contributed by atoms with Crippen molar-refractivity contribution in [2.45, 2.75) is 6.54 Å². The Labute approximate surface area is 219 Å². The minimum atomic E-state index is -1.16. The van der Waals surface area contributed by atoms with Crippen LogP contribution < -0.4 is 10.2 Å². The van der Waals surface area contributed by atoms with Crippen molar-refractivity contribution >= 4 is 81.0 Å². The molecule has 2 aromatic heterocycles. The Morgan fingerprint density at radius 3 is 2.58 bits per heavy atom. The predicted octanol–water partition coefficient (Wildman–Crippen LogP) is 5.12. The quantitative estimate of drug-likeness (QED) is 0.207. The van der Waals surface area contributed by atoms with Gasteiger partial charge in [0.2, 0.25) is 5.76 Å². The smallest absolute Gasteiger partial charge is 0.371 e. The van der Waals surface area contributed by atoms with Gasteiger partial charge in [-0.25, -0.2) is 4.79 Å². The fourth-order valence-corrected chi connectivity index (χ4v) is 4.51. The third kappa shape index (κ3) is 4.28. The molecule has 0 saturated carbocycles. The van der Waals surface area contributed by atoms with Crippen molar-refractivity contribution in [2.24, 2.45) is 0 Å². The number of carbonyl (C=O) groups excluding carboxylic acids is 2. The number of anilines is 1. The highest BCUT2D eigenvalue weighted by Crippen LogP contribution is 2.31. The Morgan fingerprint density at radius 2 is 1.86 bits per heavy atom. The Balaban J connectivity index is 1.55. The maximum atomic E-state index is 13.4. The van der Waals surface area contributed by atoms with Crippen LogP contribution in [-0.4, -0.2) is 32.6 Å². The van der Waals surface area contributed by atoms with Gasteiger partial charge in [-0.05, 0) is 54.7 Å². The van der Waals surface area contributed by atoms with E-state index in [9.17, 15) is 14.4 Å². The van der Waals surface area contributed by atoms with Crippen LogP contribution in [0.4, 0.5) is 5.69 Å². The SMILES string of the molecule is O=C1NC(=S)N(c2ccc(Cl)c(Cl)c2)C(=O)/C1=C/c1cn(Cc2ccc(C(=O)O)o2)c2ccccc12. The molecule has 0 atom stereocenters. The summed E-state index contributed by atoms with van der Waals surface area (Å²) in [4.78, 5) is 38.5. The highest BCUT2D eigenvalue weighted by molar-refractivity contribution is 7.80. The van der Waals surface area contributed by atoms with Gasteiger partial charge in [-0.15, -0.1) is 0 Å². The molecule has 0 aliphatic carbocycles. The number of hydrogen-bond acceptors (Lipinski definition) is 5. The lowest BCUT2D eigenvalue weighted by atomic mass is 10.1. The van der Waals surface area contributed by atoms with E-state index in [1.54, 1.807) is 18.3 Å². The second-order valence-electron chi connectivity index (χ2n) is 7.86. The maximum Gasteiger partial charge on any atom is 0.371 e. The van der Waals surface area contributed by atoms with Crippen molar-refractivity contribution in [2.75, 3.05) is 4.90 Å². The molecule has 11 heteroatoms. The van der Waals surface area contributed by atoms with Crippen LogP contribution in [0, 0.1) is 0 Å².